The van der Waals surface area contributed by atoms with E-state index in [0.29, 0.717) is 11.4 Å². The Morgan fingerprint density at radius 1 is 1.06 bits per heavy atom. The number of benzene rings is 2. The highest BCUT2D eigenvalue weighted by Gasteiger charge is 2.30. The van der Waals surface area contributed by atoms with Gasteiger partial charge in [-0.1, -0.05) is 30.8 Å². The second-order valence-electron chi connectivity index (χ2n) is 8.75. The summed E-state index contributed by atoms with van der Waals surface area (Å²) in [6.07, 6.45) is 0.954. The van der Waals surface area contributed by atoms with Crippen molar-refractivity contribution in [2.45, 2.75) is 18.5 Å². The smallest absolute Gasteiger partial charge is 0.165 e. The van der Waals surface area contributed by atoms with Crippen LogP contribution in [0.3, 0.4) is 0 Å². The lowest BCUT2D eigenvalue weighted by atomic mass is 10.1. The maximum Gasteiger partial charge on any atom is 0.165 e. The lowest BCUT2D eigenvalue weighted by Gasteiger charge is -2.37. The van der Waals surface area contributed by atoms with Crippen LogP contribution in [0.25, 0.3) is 22.3 Å². The van der Waals surface area contributed by atoms with E-state index in [2.05, 4.69) is 34.1 Å². The third-order valence-electron chi connectivity index (χ3n) is 6.53. The molecule has 7 nitrogen and oxygen atoms in total. The van der Waals surface area contributed by atoms with Crippen molar-refractivity contribution in [2.24, 2.45) is 0 Å². The minimum absolute atomic E-state index is 0.180. The quantitative estimate of drug-likeness (QED) is 0.575. The number of hydrogen-bond acceptors (Lipinski definition) is 7. The number of phenols is 1. The van der Waals surface area contributed by atoms with E-state index in [4.69, 9.17) is 9.97 Å². The molecule has 0 saturated carbocycles. The Morgan fingerprint density at radius 3 is 2.62 bits per heavy atom. The highest BCUT2D eigenvalue weighted by atomic mass is 16.3. The average molecular weight is 431 g/mol. The predicted octanol–water partition coefficient (Wildman–Crippen LogP) is 2.91. The number of anilines is 1. The molecular weight excluding hydrogens is 400 g/mol. The van der Waals surface area contributed by atoms with Crippen molar-refractivity contribution in [3.63, 3.8) is 0 Å². The summed E-state index contributed by atoms with van der Waals surface area (Å²) in [5, 5.41) is 18.6. The summed E-state index contributed by atoms with van der Waals surface area (Å²) < 4.78 is 0. The van der Waals surface area contributed by atoms with Crippen molar-refractivity contribution in [3.05, 3.63) is 60.8 Å². The molecular formula is C25H30N6O. The summed E-state index contributed by atoms with van der Waals surface area (Å²) in [7, 11) is 2.17. The first kappa shape index (κ1) is 20.7. The molecule has 3 N–H and O–H groups in total. The number of rotatable bonds is 5. The zero-order valence-electron chi connectivity index (χ0n) is 18.5. The molecule has 0 aliphatic carbocycles. The zero-order valence-corrected chi connectivity index (χ0v) is 18.5. The van der Waals surface area contributed by atoms with Gasteiger partial charge in [0.1, 0.15) is 11.6 Å². The number of aromatic nitrogens is 2. The predicted molar refractivity (Wildman–Crippen MR) is 129 cm³/mol. The standard InChI is InChI=1S/C25H30N6O/c1-17(31-13-11-30(2)12-14-31)22-15-18(16-26-22)27-24-19-7-3-5-9-21(19)28-25(29-24)20-8-4-6-10-23(20)32/h3-10,18,22,26,32H,1,11-16H2,2H3,(H,27,28,29)/t18-,22+/m0/s1. The number of para-hydroxylation sites is 2. The first-order valence-electron chi connectivity index (χ1n) is 11.3. The molecule has 32 heavy (non-hydrogen) atoms. The Kier molecular flexibility index (Phi) is 5.68. The van der Waals surface area contributed by atoms with Gasteiger partial charge in [0.05, 0.1) is 11.1 Å². The lowest BCUT2D eigenvalue weighted by molar-refractivity contribution is 0.178. The Morgan fingerprint density at radius 2 is 1.81 bits per heavy atom. The topological polar surface area (TPSA) is 76.5 Å². The van der Waals surface area contributed by atoms with Crippen LogP contribution in [-0.4, -0.2) is 76.7 Å². The summed E-state index contributed by atoms with van der Waals surface area (Å²) in [5.74, 6) is 1.50. The van der Waals surface area contributed by atoms with Crippen LogP contribution in [0.1, 0.15) is 6.42 Å². The molecule has 7 heteroatoms. The van der Waals surface area contributed by atoms with E-state index in [1.807, 2.05) is 36.4 Å². The van der Waals surface area contributed by atoms with E-state index >= 15 is 0 Å². The molecule has 0 bridgehead atoms. The number of piperazine rings is 1. The van der Waals surface area contributed by atoms with Crippen LogP contribution in [-0.2, 0) is 0 Å². The maximum atomic E-state index is 10.3. The van der Waals surface area contributed by atoms with Crippen LogP contribution in [0.15, 0.2) is 60.8 Å². The Balaban J connectivity index is 1.36. The summed E-state index contributed by atoms with van der Waals surface area (Å²) in [6, 6.07) is 15.7. The van der Waals surface area contributed by atoms with Gasteiger partial charge in [0, 0.05) is 55.9 Å². The lowest BCUT2D eigenvalue weighted by Crippen LogP contribution is -2.46. The first-order chi connectivity index (χ1) is 15.6. The van der Waals surface area contributed by atoms with Gasteiger partial charge in [0.15, 0.2) is 5.82 Å². The van der Waals surface area contributed by atoms with Crippen LogP contribution < -0.4 is 10.6 Å². The number of aromatic hydroxyl groups is 1. The van der Waals surface area contributed by atoms with Crippen molar-refractivity contribution in [2.75, 3.05) is 45.1 Å². The fourth-order valence-corrected chi connectivity index (χ4v) is 4.58. The van der Waals surface area contributed by atoms with Gasteiger partial charge in [-0.15, -0.1) is 0 Å². The van der Waals surface area contributed by atoms with Crippen LogP contribution in [0.5, 0.6) is 5.75 Å². The van der Waals surface area contributed by atoms with E-state index < -0.39 is 0 Å². The summed E-state index contributed by atoms with van der Waals surface area (Å²) in [4.78, 5) is 14.3. The van der Waals surface area contributed by atoms with E-state index in [9.17, 15) is 5.11 Å². The second kappa shape index (κ2) is 8.76. The van der Waals surface area contributed by atoms with Crippen LogP contribution >= 0.6 is 0 Å². The van der Waals surface area contributed by atoms with Gasteiger partial charge in [-0.3, -0.25) is 0 Å². The van der Waals surface area contributed by atoms with Crippen molar-refractivity contribution in [1.82, 2.24) is 25.1 Å². The molecule has 0 spiro atoms. The largest absolute Gasteiger partial charge is 0.507 e. The molecule has 166 valence electrons. The minimum Gasteiger partial charge on any atom is -0.507 e. The van der Waals surface area contributed by atoms with Crippen LogP contribution in [0.2, 0.25) is 0 Å². The van der Waals surface area contributed by atoms with Crippen molar-refractivity contribution in [3.8, 4) is 17.1 Å². The van der Waals surface area contributed by atoms with E-state index in [1.165, 1.54) is 5.70 Å². The average Bonchev–Trinajstić information content (AvgIpc) is 3.28. The van der Waals surface area contributed by atoms with Gasteiger partial charge in [-0.25, -0.2) is 9.97 Å². The second-order valence-corrected chi connectivity index (χ2v) is 8.75. The molecule has 2 aliphatic heterocycles. The number of phenolic OH excluding ortho intramolecular Hbond substituents is 1. The molecule has 2 aliphatic rings. The Bertz CT molecular complexity index is 1120. The number of likely N-dealkylation sites (N-methyl/N-ethyl adjacent to an activating group) is 1. The number of nitrogens with zero attached hydrogens (tertiary/aromatic N) is 4. The van der Waals surface area contributed by atoms with Gasteiger partial charge in [0.2, 0.25) is 0 Å². The third-order valence-corrected chi connectivity index (χ3v) is 6.53. The van der Waals surface area contributed by atoms with Gasteiger partial charge < -0.3 is 25.5 Å². The molecule has 0 amide bonds. The Labute approximate surface area is 188 Å². The van der Waals surface area contributed by atoms with Gasteiger partial charge in [-0.2, -0.15) is 0 Å². The van der Waals surface area contributed by atoms with Gasteiger partial charge >= 0.3 is 0 Å². The van der Waals surface area contributed by atoms with Gasteiger partial charge in [0.25, 0.3) is 0 Å². The molecule has 2 atom stereocenters. The molecule has 3 heterocycles. The molecule has 2 aromatic carbocycles. The fraction of sp³-hybridized carbons (Fsp3) is 0.360. The molecule has 0 unspecified atom stereocenters. The zero-order chi connectivity index (χ0) is 22.1. The first-order valence-corrected chi connectivity index (χ1v) is 11.3. The maximum absolute atomic E-state index is 10.3. The Hall–Kier alpha value is -3.16. The van der Waals surface area contributed by atoms with E-state index in [1.54, 1.807) is 12.1 Å². The van der Waals surface area contributed by atoms with E-state index in [0.717, 1.165) is 55.9 Å². The molecule has 2 fully saturated rings. The molecule has 2 saturated heterocycles. The van der Waals surface area contributed by atoms with Crippen molar-refractivity contribution < 1.29 is 5.11 Å². The summed E-state index contributed by atoms with van der Waals surface area (Å²) in [5.41, 5.74) is 2.67. The fourth-order valence-electron chi connectivity index (χ4n) is 4.58. The summed E-state index contributed by atoms with van der Waals surface area (Å²) in [6.45, 7) is 9.48. The molecule has 5 rings (SSSR count). The highest BCUT2D eigenvalue weighted by molar-refractivity contribution is 5.91. The number of fused-ring (bicyclic) bond motifs is 1. The van der Waals surface area contributed by atoms with Crippen molar-refractivity contribution in [1.29, 1.82) is 0 Å². The highest BCUT2D eigenvalue weighted by Crippen LogP contribution is 2.31. The number of nitrogens with one attached hydrogen (secondary N) is 2. The van der Waals surface area contributed by atoms with Crippen LogP contribution in [0.4, 0.5) is 5.82 Å². The third kappa shape index (κ3) is 4.13. The minimum atomic E-state index is 0.180. The number of hydrogen-bond donors (Lipinski definition) is 3. The normalized spacial score (nSPS) is 21.7. The SMILES string of the molecule is C=C([C@H]1C[C@H](Nc2nc(-c3ccccc3O)nc3ccccc23)CN1)N1CCN(C)CC1. The van der Waals surface area contributed by atoms with Crippen LogP contribution in [0, 0.1) is 0 Å². The molecule has 3 aromatic rings. The van der Waals surface area contributed by atoms with E-state index in [-0.39, 0.29) is 17.8 Å². The molecule has 1 aromatic heterocycles. The molecule has 0 radical (unpaired) electrons. The van der Waals surface area contributed by atoms with Crippen molar-refractivity contribution >= 4 is 16.7 Å². The monoisotopic (exact) mass is 430 g/mol. The summed E-state index contributed by atoms with van der Waals surface area (Å²) >= 11 is 0. The van der Waals surface area contributed by atoms with Gasteiger partial charge in [-0.05, 0) is 37.7 Å².